The van der Waals surface area contributed by atoms with Crippen LogP contribution in [0.3, 0.4) is 0 Å². The summed E-state index contributed by atoms with van der Waals surface area (Å²) in [4.78, 5) is 2.63. The van der Waals surface area contributed by atoms with Crippen LogP contribution in [0.25, 0.3) is 0 Å². The van der Waals surface area contributed by atoms with Gasteiger partial charge >= 0.3 is 0 Å². The Morgan fingerprint density at radius 2 is 1.48 bits per heavy atom. The molecule has 0 aliphatic carbocycles. The second-order valence-electron chi connectivity index (χ2n) is 4.72. The second kappa shape index (κ2) is 6.71. The van der Waals surface area contributed by atoms with Crippen LogP contribution in [0.15, 0.2) is 18.2 Å². The van der Waals surface area contributed by atoms with E-state index < -0.39 is 0 Å². The normalized spacial score (nSPS) is 12.1. The van der Waals surface area contributed by atoms with Crippen molar-refractivity contribution in [2.24, 2.45) is 0 Å². The maximum absolute atomic E-state index is 5.52. The van der Waals surface area contributed by atoms with Gasteiger partial charge in [-0.05, 0) is 31.5 Å². The van der Waals surface area contributed by atoms with Gasteiger partial charge in [0.2, 0.25) is 0 Å². The zero-order chi connectivity index (χ0) is 15.6. The number of alkyl halides is 1. The number of methoxy groups -OCH3 is 3. The Labute approximate surface area is 138 Å². The lowest BCUT2D eigenvalue weighted by atomic mass is 10.1. The predicted molar refractivity (Wildman–Crippen MR) is 90.7 cm³/mol. The Kier molecular flexibility index (Phi) is 5.17. The lowest BCUT2D eigenvalue weighted by Crippen LogP contribution is -2.00. The molecule has 2 rings (SSSR count). The van der Waals surface area contributed by atoms with Gasteiger partial charge in [0.15, 0.2) is 11.5 Å². The van der Waals surface area contributed by atoms with Gasteiger partial charge in [-0.15, -0.1) is 11.3 Å². The van der Waals surface area contributed by atoms with Crippen LogP contribution >= 0.6 is 27.3 Å². The molecule has 1 aromatic heterocycles. The van der Waals surface area contributed by atoms with Crippen molar-refractivity contribution in [2.45, 2.75) is 18.7 Å². The van der Waals surface area contributed by atoms with Gasteiger partial charge in [-0.25, -0.2) is 0 Å². The highest BCUT2D eigenvalue weighted by molar-refractivity contribution is 9.09. The first kappa shape index (κ1) is 16.2. The first-order valence-corrected chi connectivity index (χ1v) is 8.26. The van der Waals surface area contributed by atoms with E-state index in [-0.39, 0.29) is 4.83 Å². The Morgan fingerprint density at radius 3 is 1.95 bits per heavy atom. The molecule has 0 fully saturated rings. The van der Waals surface area contributed by atoms with Crippen molar-refractivity contribution in [2.75, 3.05) is 21.3 Å². The van der Waals surface area contributed by atoms with E-state index in [1.54, 1.807) is 32.7 Å². The van der Waals surface area contributed by atoms with Crippen LogP contribution in [-0.2, 0) is 0 Å². The number of halogens is 1. The minimum atomic E-state index is 0.0611. The third-order valence-electron chi connectivity index (χ3n) is 3.32. The minimum Gasteiger partial charge on any atom is -0.496 e. The molecule has 1 heterocycles. The average Bonchev–Trinajstić information content (AvgIpc) is 2.83. The number of rotatable bonds is 5. The molecule has 0 saturated heterocycles. The average molecular weight is 371 g/mol. The van der Waals surface area contributed by atoms with Crippen LogP contribution < -0.4 is 14.2 Å². The summed E-state index contributed by atoms with van der Waals surface area (Å²) >= 11 is 5.58. The van der Waals surface area contributed by atoms with Crippen LogP contribution in [0.4, 0.5) is 0 Å². The Balaban J connectivity index is 2.53. The number of hydrogen-bond donors (Lipinski definition) is 0. The largest absolute Gasteiger partial charge is 0.496 e. The van der Waals surface area contributed by atoms with Crippen LogP contribution in [0.5, 0.6) is 17.2 Å². The topological polar surface area (TPSA) is 27.7 Å². The summed E-state index contributed by atoms with van der Waals surface area (Å²) in [6.07, 6.45) is 0. The lowest BCUT2D eigenvalue weighted by molar-refractivity contribution is 0.348. The SMILES string of the molecule is COc1cc(OC)c(C(Br)c2sc(C)cc2C)cc1OC. The highest BCUT2D eigenvalue weighted by atomic mass is 79.9. The van der Waals surface area contributed by atoms with Crippen LogP contribution in [0, 0.1) is 13.8 Å². The molecule has 3 nitrogen and oxygen atoms in total. The summed E-state index contributed by atoms with van der Waals surface area (Å²) in [6.45, 7) is 4.24. The monoisotopic (exact) mass is 370 g/mol. The molecule has 0 spiro atoms. The summed E-state index contributed by atoms with van der Waals surface area (Å²) in [6, 6.07) is 6.02. The van der Waals surface area contributed by atoms with E-state index in [1.165, 1.54) is 15.3 Å². The molecular weight excluding hydrogens is 352 g/mol. The molecule has 1 atom stereocenters. The number of ether oxygens (including phenoxy) is 3. The number of benzene rings is 1. The number of thiophene rings is 1. The summed E-state index contributed by atoms with van der Waals surface area (Å²) < 4.78 is 16.2. The predicted octanol–water partition coefficient (Wildman–Crippen LogP) is 4.88. The minimum absolute atomic E-state index is 0.0611. The maximum Gasteiger partial charge on any atom is 0.164 e. The molecule has 1 unspecified atom stereocenters. The van der Waals surface area contributed by atoms with Crippen molar-refractivity contribution in [3.05, 3.63) is 39.1 Å². The second-order valence-corrected chi connectivity index (χ2v) is 6.92. The molecule has 0 saturated carbocycles. The molecule has 0 aliphatic rings. The van der Waals surface area contributed by atoms with Crippen molar-refractivity contribution in [1.82, 2.24) is 0 Å². The third kappa shape index (κ3) is 3.19. The lowest BCUT2D eigenvalue weighted by Gasteiger charge is -2.17. The van der Waals surface area contributed by atoms with Crippen LogP contribution in [0.2, 0.25) is 0 Å². The van der Waals surface area contributed by atoms with E-state index in [4.69, 9.17) is 14.2 Å². The molecule has 1 aromatic carbocycles. The van der Waals surface area contributed by atoms with Crippen LogP contribution in [0.1, 0.15) is 25.7 Å². The van der Waals surface area contributed by atoms with Crippen LogP contribution in [-0.4, -0.2) is 21.3 Å². The van der Waals surface area contributed by atoms with Crippen molar-refractivity contribution in [3.63, 3.8) is 0 Å². The number of aryl methyl sites for hydroxylation is 2. The Morgan fingerprint density at radius 1 is 0.905 bits per heavy atom. The standard InChI is InChI=1S/C16H19BrO3S/c1-9-6-10(2)21-16(9)15(17)11-7-13(19-4)14(20-5)8-12(11)18-3/h6-8,15H,1-5H3. The third-order valence-corrected chi connectivity index (χ3v) is 5.79. The fourth-order valence-electron chi connectivity index (χ4n) is 2.30. The van der Waals surface area contributed by atoms with Crippen molar-refractivity contribution < 1.29 is 14.2 Å². The Bertz CT molecular complexity index is 637. The molecule has 5 heteroatoms. The summed E-state index contributed by atoms with van der Waals surface area (Å²) in [5.74, 6) is 2.14. The fraction of sp³-hybridized carbons (Fsp3) is 0.375. The van der Waals surface area contributed by atoms with Crippen molar-refractivity contribution in [3.8, 4) is 17.2 Å². The zero-order valence-corrected chi connectivity index (χ0v) is 15.2. The molecule has 0 aliphatic heterocycles. The smallest absolute Gasteiger partial charge is 0.164 e. The van der Waals surface area contributed by atoms with E-state index in [0.29, 0.717) is 11.5 Å². The van der Waals surface area contributed by atoms with E-state index >= 15 is 0 Å². The summed E-state index contributed by atoms with van der Waals surface area (Å²) in [5.41, 5.74) is 2.30. The fourth-order valence-corrected chi connectivity index (χ4v) is 4.34. The van der Waals surface area contributed by atoms with Gasteiger partial charge < -0.3 is 14.2 Å². The van der Waals surface area contributed by atoms with Gasteiger partial charge in [0.05, 0.1) is 26.2 Å². The van der Waals surface area contributed by atoms with E-state index in [1.807, 2.05) is 12.1 Å². The molecular formula is C16H19BrO3S. The summed E-state index contributed by atoms with van der Waals surface area (Å²) in [7, 11) is 4.92. The molecule has 0 bridgehead atoms. The highest BCUT2D eigenvalue weighted by Crippen LogP contribution is 2.45. The van der Waals surface area contributed by atoms with Gasteiger partial charge in [0, 0.05) is 21.4 Å². The van der Waals surface area contributed by atoms with Gasteiger partial charge in [0.1, 0.15) is 5.75 Å². The zero-order valence-electron chi connectivity index (χ0n) is 12.8. The van der Waals surface area contributed by atoms with Crippen molar-refractivity contribution >= 4 is 27.3 Å². The first-order chi connectivity index (χ1) is 10.0. The van der Waals surface area contributed by atoms with E-state index in [2.05, 4.69) is 35.8 Å². The molecule has 0 radical (unpaired) electrons. The first-order valence-electron chi connectivity index (χ1n) is 6.52. The van der Waals surface area contributed by atoms with Gasteiger partial charge in [-0.1, -0.05) is 15.9 Å². The van der Waals surface area contributed by atoms with E-state index in [0.717, 1.165) is 11.3 Å². The maximum atomic E-state index is 5.52. The van der Waals surface area contributed by atoms with Gasteiger partial charge in [-0.3, -0.25) is 0 Å². The molecule has 0 amide bonds. The summed E-state index contributed by atoms with van der Waals surface area (Å²) in [5, 5.41) is 0. The van der Waals surface area contributed by atoms with Gasteiger partial charge in [0.25, 0.3) is 0 Å². The van der Waals surface area contributed by atoms with E-state index in [9.17, 15) is 0 Å². The molecule has 21 heavy (non-hydrogen) atoms. The molecule has 2 aromatic rings. The number of hydrogen-bond acceptors (Lipinski definition) is 4. The highest BCUT2D eigenvalue weighted by Gasteiger charge is 2.22. The molecule has 0 N–H and O–H groups in total. The quantitative estimate of drug-likeness (QED) is 0.702. The Hall–Kier alpha value is -1.20. The van der Waals surface area contributed by atoms with Crippen molar-refractivity contribution in [1.29, 1.82) is 0 Å². The van der Waals surface area contributed by atoms with Gasteiger partial charge in [-0.2, -0.15) is 0 Å². The molecule has 114 valence electrons.